The Morgan fingerprint density at radius 1 is 1.33 bits per heavy atom. The summed E-state index contributed by atoms with van der Waals surface area (Å²) < 4.78 is 18.9. The minimum Gasteiger partial charge on any atom is -0.489 e. The molecule has 4 nitrogen and oxygen atoms in total. The molecule has 5 heteroatoms. The van der Waals surface area contributed by atoms with Crippen LogP contribution in [0.25, 0.3) is 0 Å². The molecule has 0 unspecified atom stereocenters. The van der Waals surface area contributed by atoms with Crippen molar-refractivity contribution in [1.29, 1.82) is 5.26 Å². The predicted molar refractivity (Wildman–Crippen MR) is 73.6 cm³/mol. The topological polar surface area (TPSA) is 66.1 Å². The Morgan fingerprint density at radius 3 is 2.95 bits per heavy atom. The maximum absolute atomic E-state index is 13.5. The number of aromatic nitrogens is 1. The maximum atomic E-state index is 13.5. The zero-order valence-corrected chi connectivity index (χ0v) is 11.0. The number of nitriles is 1. The minimum atomic E-state index is -0.485. The van der Waals surface area contributed by atoms with E-state index < -0.39 is 5.82 Å². The van der Waals surface area contributed by atoms with Gasteiger partial charge in [-0.25, -0.2) is 9.37 Å². The molecule has 0 aliphatic heterocycles. The van der Waals surface area contributed by atoms with Gasteiger partial charge >= 0.3 is 0 Å². The van der Waals surface area contributed by atoms with Crippen LogP contribution in [0.15, 0.2) is 36.5 Å². The zero-order chi connectivity index (χ0) is 15.1. The summed E-state index contributed by atoms with van der Waals surface area (Å²) in [4.78, 5) is 3.92. The molecular formula is C16H11FN2O2. The van der Waals surface area contributed by atoms with Crippen LogP contribution in [-0.4, -0.2) is 16.7 Å². The molecule has 0 aliphatic rings. The van der Waals surface area contributed by atoms with Gasteiger partial charge in [0.25, 0.3) is 0 Å². The first-order valence-electron chi connectivity index (χ1n) is 6.10. The molecule has 1 heterocycles. The van der Waals surface area contributed by atoms with Crippen molar-refractivity contribution in [2.45, 2.75) is 6.61 Å². The van der Waals surface area contributed by atoms with Crippen LogP contribution in [0.5, 0.6) is 5.75 Å². The SMILES string of the molecule is N#Cc1ncccc1COc1cc(F)cc(C#CCO)c1. The molecule has 1 aromatic carbocycles. The molecule has 1 aromatic heterocycles. The predicted octanol–water partition coefficient (Wildman–Crippen LogP) is 2.02. The third-order valence-corrected chi connectivity index (χ3v) is 2.57. The molecule has 0 saturated heterocycles. The molecule has 2 rings (SSSR count). The molecule has 0 aliphatic carbocycles. The molecule has 0 saturated carbocycles. The number of hydrogen-bond donors (Lipinski definition) is 1. The first-order valence-corrected chi connectivity index (χ1v) is 6.10. The lowest BCUT2D eigenvalue weighted by Crippen LogP contribution is -2.00. The average molecular weight is 282 g/mol. The number of hydrogen-bond acceptors (Lipinski definition) is 4. The quantitative estimate of drug-likeness (QED) is 0.875. The molecule has 0 atom stereocenters. The van der Waals surface area contributed by atoms with Gasteiger partial charge in [-0.1, -0.05) is 17.9 Å². The Kier molecular flexibility index (Phi) is 4.87. The van der Waals surface area contributed by atoms with Gasteiger partial charge in [0.1, 0.15) is 36.5 Å². The number of aliphatic hydroxyl groups is 1. The summed E-state index contributed by atoms with van der Waals surface area (Å²) in [6.45, 7) is -0.193. The van der Waals surface area contributed by atoms with Gasteiger partial charge in [-0.2, -0.15) is 5.26 Å². The lowest BCUT2D eigenvalue weighted by atomic mass is 10.2. The summed E-state index contributed by atoms with van der Waals surface area (Å²) in [6, 6.07) is 9.43. The number of benzene rings is 1. The Bertz CT molecular complexity index is 742. The summed E-state index contributed by atoms with van der Waals surface area (Å²) in [5.74, 6) is 4.86. The van der Waals surface area contributed by atoms with Crippen LogP contribution in [0.4, 0.5) is 4.39 Å². The molecular weight excluding hydrogens is 271 g/mol. The van der Waals surface area contributed by atoms with Crippen LogP contribution < -0.4 is 4.74 Å². The summed E-state index contributed by atoms with van der Waals surface area (Å²) >= 11 is 0. The van der Waals surface area contributed by atoms with E-state index in [-0.39, 0.29) is 18.9 Å². The summed E-state index contributed by atoms with van der Waals surface area (Å²) in [7, 11) is 0. The molecule has 0 bridgehead atoms. The fourth-order valence-corrected chi connectivity index (χ4v) is 1.68. The number of ether oxygens (including phenoxy) is 1. The summed E-state index contributed by atoms with van der Waals surface area (Å²) in [5, 5.41) is 17.6. The molecule has 0 amide bonds. The van der Waals surface area contributed by atoms with E-state index in [2.05, 4.69) is 16.8 Å². The first kappa shape index (κ1) is 14.5. The number of aliphatic hydroxyl groups excluding tert-OH is 1. The van der Waals surface area contributed by atoms with Crippen molar-refractivity contribution in [3.8, 4) is 23.7 Å². The highest BCUT2D eigenvalue weighted by Crippen LogP contribution is 2.18. The molecule has 0 spiro atoms. The van der Waals surface area contributed by atoms with Gasteiger partial charge in [0.2, 0.25) is 0 Å². The van der Waals surface area contributed by atoms with Crippen molar-refractivity contribution in [3.05, 3.63) is 59.2 Å². The second-order valence-corrected chi connectivity index (χ2v) is 4.05. The van der Waals surface area contributed by atoms with Gasteiger partial charge in [0, 0.05) is 23.4 Å². The van der Waals surface area contributed by atoms with Crippen molar-refractivity contribution in [2.75, 3.05) is 6.61 Å². The number of nitrogens with zero attached hydrogens (tertiary/aromatic N) is 2. The van der Waals surface area contributed by atoms with Gasteiger partial charge < -0.3 is 9.84 Å². The summed E-state index contributed by atoms with van der Waals surface area (Å²) in [5.41, 5.74) is 1.30. The third kappa shape index (κ3) is 4.04. The standard InChI is InChI=1S/C16H11FN2O2/c17-14-7-12(3-2-6-20)8-15(9-14)21-11-13-4-1-5-19-16(13)10-18/h1,4-5,7-9,20H,6,11H2. The van der Waals surface area contributed by atoms with E-state index in [4.69, 9.17) is 15.1 Å². The monoisotopic (exact) mass is 282 g/mol. The minimum absolute atomic E-state index is 0.104. The Labute approximate surface area is 121 Å². The molecule has 1 N–H and O–H groups in total. The Morgan fingerprint density at radius 2 is 2.19 bits per heavy atom. The third-order valence-electron chi connectivity index (χ3n) is 2.57. The highest BCUT2D eigenvalue weighted by molar-refractivity contribution is 5.40. The number of rotatable bonds is 3. The fraction of sp³-hybridized carbons (Fsp3) is 0.125. The second kappa shape index (κ2) is 7.04. The average Bonchev–Trinajstić information content (AvgIpc) is 2.50. The van der Waals surface area contributed by atoms with E-state index in [1.54, 1.807) is 18.2 Å². The molecule has 104 valence electrons. The van der Waals surface area contributed by atoms with E-state index in [1.807, 2.05) is 6.07 Å². The Hall–Kier alpha value is -2.89. The van der Waals surface area contributed by atoms with Crippen LogP contribution in [0.2, 0.25) is 0 Å². The fourth-order valence-electron chi connectivity index (χ4n) is 1.68. The van der Waals surface area contributed by atoms with Gasteiger partial charge in [-0.3, -0.25) is 0 Å². The van der Waals surface area contributed by atoms with Crippen LogP contribution in [-0.2, 0) is 6.61 Å². The van der Waals surface area contributed by atoms with E-state index in [1.165, 1.54) is 18.3 Å². The van der Waals surface area contributed by atoms with Crippen molar-refractivity contribution in [3.63, 3.8) is 0 Å². The number of halogens is 1. The molecule has 0 radical (unpaired) electrons. The lowest BCUT2D eigenvalue weighted by Gasteiger charge is -2.07. The van der Waals surface area contributed by atoms with Gasteiger partial charge in [-0.05, 0) is 18.2 Å². The highest BCUT2D eigenvalue weighted by atomic mass is 19.1. The van der Waals surface area contributed by atoms with Crippen LogP contribution in [0.1, 0.15) is 16.8 Å². The molecule has 2 aromatic rings. The highest BCUT2D eigenvalue weighted by Gasteiger charge is 2.05. The zero-order valence-electron chi connectivity index (χ0n) is 11.0. The van der Waals surface area contributed by atoms with Crippen molar-refractivity contribution < 1.29 is 14.2 Å². The maximum Gasteiger partial charge on any atom is 0.147 e. The van der Waals surface area contributed by atoms with Crippen LogP contribution in [0.3, 0.4) is 0 Å². The smallest absolute Gasteiger partial charge is 0.147 e. The Balaban J connectivity index is 2.17. The second-order valence-electron chi connectivity index (χ2n) is 4.05. The molecule has 21 heavy (non-hydrogen) atoms. The van der Waals surface area contributed by atoms with Gasteiger partial charge in [0.05, 0.1) is 0 Å². The van der Waals surface area contributed by atoms with Crippen molar-refractivity contribution >= 4 is 0 Å². The lowest BCUT2D eigenvalue weighted by molar-refractivity contribution is 0.303. The van der Waals surface area contributed by atoms with E-state index in [9.17, 15) is 4.39 Å². The van der Waals surface area contributed by atoms with E-state index in [0.717, 1.165) is 0 Å². The van der Waals surface area contributed by atoms with Crippen LogP contribution in [0, 0.1) is 29.0 Å². The van der Waals surface area contributed by atoms with Crippen LogP contribution >= 0.6 is 0 Å². The largest absolute Gasteiger partial charge is 0.489 e. The van der Waals surface area contributed by atoms with Gasteiger partial charge in [-0.15, -0.1) is 0 Å². The van der Waals surface area contributed by atoms with E-state index >= 15 is 0 Å². The number of pyridine rings is 1. The van der Waals surface area contributed by atoms with Gasteiger partial charge in [0.15, 0.2) is 0 Å². The normalized spacial score (nSPS) is 9.38. The molecule has 0 fully saturated rings. The van der Waals surface area contributed by atoms with Crippen molar-refractivity contribution in [2.24, 2.45) is 0 Å². The van der Waals surface area contributed by atoms with E-state index in [0.29, 0.717) is 16.9 Å². The van der Waals surface area contributed by atoms with Crippen molar-refractivity contribution in [1.82, 2.24) is 4.98 Å². The first-order chi connectivity index (χ1) is 10.2. The summed E-state index contributed by atoms with van der Waals surface area (Å²) in [6.07, 6.45) is 1.52.